The van der Waals surface area contributed by atoms with Gasteiger partial charge in [-0.3, -0.25) is 4.79 Å². The zero-order valence-electron chi connectivity index (χ0n) is 23.5. The summed E-state index contributed by atoms with van der Waals surface area (Å²) in [4.78, 5) is 25.2. The summed E-state index contributed by atoms with van der Waals surface area (Å²) in [5, 5.41) is 15.2. The van der Waals surface area contributed by atoms with Crippen molar-refractivity contribution in [2.75, 3.05) is 0 Å². The molecular formula is C36H28F2N2O3. The first-order valence-corrected chi connectivity index (χ1v) is 13.9. The molecule has 2 atom stereocenters. The lowest BCUT2D eigenvalue weighted by Crippen LogP contribution is -2.27. The fourth-order valence-corrected chi connectivity index (χ4v) is 5.58. The summed E-state index contributed by atoms with van der Waals surface area (Å²) in [7, 11) is 0. The Hall–Kier alpha value is -5.30. The van der Waals surface area contributed by atoms with Crippen LogP contribution < -0.4 is 5.32 Å². The number of carboxylic acids is 1. The van der Waals surface area contributed by atoms with E-state index in [4.69, 9.17) is 0 Å². The topological polar surface area (TPSA) is 71.3 Å². The molecule has 6 rings (SSSR count). The number of nitrogens with zero attached hydrogens (tertiary/aromatic N) is 1. The van der Waals surface area contributed by atoms with Crippen LogP contribution >= 0.6 is 0 Å². The zero-order chi connectivity index (χ0) is 30.2. The first-order valence-electron chi connectivity index (χ1n) is 13.9. The highest BCUT2D eigenvalue weighted by Gasteiger charge is 2.22. The van der Waals surface area contributed by atoms with Crippen LogP contribution in [-0.4, -0.2) is 21.6 Å². The number of hydrogen-bond donors (Lipinski definition) is 2. The largest absolute Gasteiger partial charge is 0.478 e. The number of nitrogens with one attached hydrogen (secondary N) is 1. The van der Waals surface area contributed by atoms with Gasteiger partial charge in [0.2, 0.25) is 0 Å². The Balaban J connectivity index is 1.45. The molecule has 1 aromatic heterocycles. The predicted octanol–water partition coefficient (Wildman–Crippen LogP) is 8.54. The molecule has 0 saturated heterocycles. The Morgan fingerprint density at radius 2 is 1.49 bits per heavy atom. The van der Waals surface area contributed by atoms with Gasteiger partial charge in [-0.15, -0.1) is 0 Å². The molecule has 0 unspecified atom stereocenters. The Labute approximate surface area is 247 Å². The second-order valence-electron chi connectivity index (χ2n) is 10.7. The monoisotopic (exact) mass is 574 g/mol. The molecule has 6 aromatic rings. The molecule has 1 amide bonds. The fourth-order valence-electron chi connectivity index (χ4n) is 5.58. The van der Waals surface area contributed by atoms with Gasteiger partial charge in [-0.2, -0.15) is 0 Å². The number of halogens is 2. The van der Waals surface area contributed by atoms with E-state index in [0.29, 0.717) is 22.0 Å². The number of rotatable bonds is 7. The second kappa shape index (κ2) is 11.2. The van der Waals surface area contributed by atoms with Gasteiger partial charge in [0.15, 0.2) is 0 Å². The van der Waals surface area contributed by atoms with Crippen molar-refractivity contribution in [2.45, 2.75) is 25.9 Å². The van der Waals surface area contributed by atoms with Crippen molar-refractivity contribution >= 4 is 33.6 Å². The third-order valence-corrected chi connectivity index (χ3v) is 7.97. The number of aromatic nitrogens is 1. The van der Waals surface area contributed by atoms with Crippen molar-refractivity contribution in [3.8, 4) is 11.1 Å². The van der Waals surface area contributed by atoms with E-state index < -0.39 is 29.6 Å². The number of hydrogen-bond acceptors (Lipinski definition) is 2. The minimum atomic E-state index is -1.03. The number of carbonyl (C=O) groups is 2. The number of carboxylic acid groups (broad SMARTS) is 1. The van der Waals surface area contributed by atoms with Crippen molar-refractivity contribution in [3.05, 3.63) is 143 Å². The van der Waals surface area contributed by atoms with Gasteiger partial charge in [-0.25, -0.2) is 13.6 Å². The zero-order valence-corrected chi connectivity index (χ0v) is 23.5. The van der Waals surface area contributed by atoms with Crippen LogP contribution in [0.2, 0.25) is 0 Å². The molecule has 0 bridgehead atoms. The lowest BCUT2D eigenvalue weighted by atomic mass is 9.98. The lowest BCUT2D eigenvalue weighted by Gasteiger charge is -2.20. The molecule has 5 nitrogen and oxygen atoms in total. The predicted molar refractivity (Wildman–Crippen MR) is 164 cm³/mol. The lowest BCUT2D eigenvalue weighted by molar-refractivity contribution is 0.0696. The maximum Gasteiger partial charge on any atom is 0.335 e. The minimum absolute atomic E-state index is 0.0589. The van der Waals surface area contributed by atoms with Gasteiger partial charge in [0, 0.05) is 17.1 Å². The van der Waals surface area contributed by atoms with E-state index >= 15 is 0 Å². The highest BCUT2D eigenvalue weighted by molar-refractivity contribution is 6.08. The van der Waals surface area contributed by atoms with Crippen LogP contribution in [0, 0.1) is 11.6 Å². The van der Waals surface area contributed by atoms with Gasteiger partial charge < -0.3 is 15.0 Å². The van der Waals surface area contributed by atoms with Gasteiger partial charge in [0.1, 0.15) is 11.6 Å². The summed E-state index contributed by atoms with van der Waals surface area (Å²) in [6.45, 7) is 3.86. The molecule has 0 fully saturated rings. The van der Waals surface area contributed by atoms with Crippen LogP contribution in [0.3, 0.4) is 0 Å². The highest BCUT2D eigenvalue weighted by Crippen LogP contribution is 2.34. The first kappa shape index (κ1) is 27.8. The fraction of sp³-hybridized carbons (Fsp3) is 0.111. The third-order valence-electron chi connectivity index (χ3n) is 7.97. The van der Waals surface area contributed by atoms with Gasteiger partial charge in [-0.05, 0) is 95.9 Å². The standard InChI is InChI=1S/C36H28F2N2O3/c1-21(23-7-10-25(11-8-23)36(42)43)39-35(41)32-19-29(31-20-30(37)13-14-33(31)38)18-28-15-16-40(34(28)32)22(2)26-12-9-24-5-3-4-6-27(24)17-26/h3-22H,1-2H3,(H,39,41)(H,42,43)/t21-,22-/m0/s1. The van der Waals surface area contributed by atoms with Crippen LogP contribution in [0.15, 0.2) is 109 Å². The van der Waals surface area contributed by atoms with Crippen molar-refractivity contribution in [2.24, 2.45) is 0 Å². The third kappa shape index (κ3) is 5.37. The summed E-state index contributed by atoms with van der Waals surface area (Å²) in [6, 6.07) is 28.6. The van der Waals surface area contributed by atoms with Crippen molar-refractivity contribution < 1.29 is 23.5 Å². The highest BCUT2D eigenvalue weighted by atomic mass is 19.1. The normalized spacial score (nSPS) is 12.7. The van der Waals surface area contributed by atoms with E-state index in [1.54, 1.807) is 31.2 Å². The Morgan fingerprint density at radius 3 is 2.23 bits per heavy atom. The van der Waals surface area contributed by atoms with E-state index in [9.17, 15) is 23.5 Å². The average Bonchev–Trinajstić information content (AvgIpc) is 3.45. The summed E-state index contributed by atoms with van der Waals surface area (Å²) < 4.78 is 31.1. The molecule has 0 radical (unpaired) electrons. The molecule has 5 aromatic carbocycles. The molecule has 0 spiro atoms. The number of benzene rings is 5. The van der Waals surface area contributed by atoms with Crippen LogP contribution in [0.5, 0.6) is 0 Å². The SMILES string of the molecule is C[C@H](NC(=O)c1cc(-c2cc(F)ccc2F)cc2ccn([C@@H](C)c3ccc4ccccc4c3)c12)c1ccc(C(=O)O)cc1. The molecule has 0 saturated carbocycles. The summed E-state index contributed by atoms with van der Waals surface area (Å²) >= 11 is 0. The maximum atomic E-state index is 14.9. The first-order chi connectivity index (χ1) is 20.7. The molecule has 0 aliphatic carbocycles. The number of fused-ring (bicyclic) bond motifs is 2. The molecule has 0 aliphatic rings. The van der Waals surface area contributed by atoms with Crippen LogP contribution in [0.4, 0.5) is 8.78 Å². The van der Waals surface area contributed by atoms with Gasteiger partial charge in [0.25, 0.3) is 5.91 Å². The number of carbonyl (C=O) groups excluding carboxylic acids is 1. The van der Waals surface area contributed by atoms with Crippen molar-refractivity contribution in [1.29, 1.82) is 0 Å². The summed E-state index contributed by atoms with van der Waals surface area (Å²) in [5.74, 6) is -2.61. The number of amides is 1. The average molecular weight is 575 g/mol. The van der Waals surface area contributed by atoms with Gasteiger partial charge in [-0.1, -0.05) is 48.5 Å². The molecule has 0 aliphatic heterocycles. The quantitative estimate of drug-likeness (QED) is 0.201. The Morgan fingerprint density at radius 1 is 0.767 bits per heavy atom. The van der Waals surface area contributed by atoms with E-state index in [0.717, 1.165) is 40.1 Å². The molecular weight excluding hydrogens is 546 g/mol. The van der Waals surface area contributed by atoms with E-state index in [2.05, 4.69) is 42.6 Å². The summed E-state index contributed by atoms with van der Waals surface area (Å²) in [5.41, 5.74) is 3.33. The maximum absolute atomic E-state index is 14.9. The van der Waals surface area contributed by atoms with Crippen LogP contribution in [-0.2, 0) is 0 Å². The summed E-state index contributed by atoms with van der Waals surface area (Å²) in [6.07, 6.45) is 1.90. The van der Waals surface area contributed by atoms with E-state index in [1.807, 2.05) is 29.0 Å². The van der Waals surface area contributed by atoms with Crippen LogP contribution in [0.1, 0.15) is 57.8 Å². The van der Waals surface area contributed by atoms with Crippen molar-refractivity contribution in [1.82, 2.24) is 9.88 Å². The Kier molecular flexibility index (Phi) is 7.24. The minimum Gasteiger partial charge on any atom is -0.478 e. The Bertz CT molecular complexity index is 2010. The number of aromatic carboxylic acids is 1. The molecule has 2 N–H and O–H groups in total. The van der Waals surface area contributed by atoms with E-state index in [1.165, 1.54) is 12.1 Å². The van der Waals surface area contributed by atoms with E-state index in [-0.39, 0.29) is 17.2 Å². The smallest absolute Gasteiger partial charge is 0.335 e. The van der Waals surface area contributed by atoms with Crippen LogP contribution in [0.25, 0.3) is 32.8 Å². The molecule has 214 valence electrons. The van der Waals surface area contributed by atoms with Gasteiger partial charge >= 0.3 is 5.97 Å². The molecule has 1 heterocycles. The second-order valence-corrected chi connectivity index (χ2v) is 10.7. The molecule has 43 heavy (non-hydrogen) atoms. The molecule has 7 heteroatoms. The van der Waals surface area contributed by atoms with Gasteiger partial charge in [0.05, 0.1) is 28.7 Å². The van der Waals surface area contributed by atoms with Crippen molar-refractivity contribution in [3.63, 3.8) is 0 Å².